The van der Waals surface area contributed by atoms with Crippen LogP contribution in [0, 0.1) is 9.39 Å². The number of nitrogens with one attached hydrogen (secondary N) is 1. The molecule has 0 unspecified atom stereocenters. The first-order chi connectivity index (χ1) is 7.65. The highest BCUT2D eigenvalue weighted by molar-refractivity contribution is 14.1. The Kier molecular flexibility index (Phi) is 3.96. The number of nitrogens with zero attached hydrogens (tertiary/aromatic N) is 1. The van der Waals surface area contributed by atoms with Gasteiger partial charge in [0.1, 0.15) is 0 Å². The van der Waals surface area contributed by atoms with Crippen molar-refractivity contribution in [2.24, 2.45) is 0 Å². The Balaban J connectivity index is 1.98. The largest absolute Gasteiger partial charge is 0.393 e. The van der Waals surface area contributed by atoms with Gasteiger partial charge in [0.25, 0.3) is 0 Å². The van der Waals surface area contributed by atoms with Gasteiger partial charge in [-0.1, -0.05) is 0 Å². The Morgan fingerprint density at radius 2 is 2.06 bits per heavy atom. The van der Waals surface area contributed by atoms with Crippen LogP contribution in [0.1, 0.15) is 25.7 Å². The fraction of sp³-hybridized carbons (Fsp3) is 0.545. The lowest BCUT2D eigenvalue weighted by molar-refractivity contribution is 0.126. The van der Waals surface area contributed by atoms with Gasteiger partial charge in [-0.3, -0.25) is 0 Å². The van der Waals surface area contributed by atoms with E-state index >= 15 is 0 Å². The number of aliphatic hydroxyl groups excluding tert-OH is 1. The molecule has 0 aromatic carbocycles. The molecule has 1 aromatic heterocycles. The second kappa shape index (κ2) is 5.27. The monoisotopic (exact) mass is 336 g/mol. The summed E-state index contributed by atoms with van der Waals surface area (Å²) in [4.78, 5) is 4.03. The molecule has 2 rings (SSSR count). The second-order valence-corrected chi connectivity index (χ2v) is 5.38. The van der Waals surface area contributed by atoms with E-state index in [1.165, 1.54) is 6.07 Å². The minimum absolute atomic E-state index is 0.187. The minimum Gasteiger partial charge on any atom is -0.393 e. The number of hydrogen-bond donors (Lipinski definition) is 2. The first-order valence-corrected chi connectivity index (χ1v) is 6.48. The van der Waals surface area contributed by atoms with E-state index in [4.69, 9.17) is 0 Å². The summed E-state index contributed by atoms with van der Waals surface area (Å²) < 4.78 is 14.3. The summed E-state index contributed by atoms with van der Waals surface area (Å²) in [5, 5.41) is 12.5. The highest BCUT2D eigenvalue weighted by Gasteiger charge is 2.20. The molecule has 1 saturated carbocycles. The van der Waals surface area contributed by atoms with Gasteiger partial charge in [0.2, 0.25) is 0 Å². The molecule has 88 valence electrons. The molecule has 1 heterocycles. The van der Waals surface area contributed by atoms with E-state index in [1.54, 1.807) is 6.20 Å². The predicted molar refractivity (Wildman–Crippen MR) is 68.8 cm³/mol. The molecule has 0 saturated heterocycles. The molecule has 1 aliphatic rings. The average Bonchev–Trinajstić information content (AvgIpc) is 2.25. The topological polar surface area (TPSA) is 45.1 Å². The summed E-state index contributed by atoms with van der Waals surface area (Å²) >= 11 is 2.03. The molecule has 0 aliphatic heterocycles. The van der Waals surface area contributed by atoms with E-state index in [0.717, 1.165) is 29.3 Å². The smallest absolute Gasteiger partial charge is 0.166 e. The van der Waals surface area contributed by atoms with E-state index < -0.39 is 0 Å². The molecule has 0 amide bonds. The fourth-order valence-corrected chi connectivity index (χ4v) is 2.35. The van der Waals surface area contributed by atoms with Crippen LogP contribution in [0.25, 0.3) is 0 Å². The lowest BCUT2D eigenvalue weighted by atomic mass is 9.93. The normalized spacial score (nSPS) is 25.4. The van der Waals surface area contributed by atoms with Gasteiger partial charge in [-0.05, 0) is 54.3 Å². The van der Waals surface area contributed by atoms with E-state index in [2.05, 4.69) is 10.3 Å². The zero-order valence-electron chi connectivity index (χ0n) is 8.79. The van der Waals surface area contributed by atoms with Gasteiger partial charge in [-0.2, -0.15) is 0 Å². The molecule has 1 fully saturated rings. The summed E-state index contributed by atoms with van der Waals surface area (Å²) in [6, 6.07) is 1.69. The second-order valence-electron chi connectivity index (χ2n) is 4.13. The van der Waals surface area contributed by atoms with Crippen LogP contribution in [0.4, 0.5) is 10.2 Å². The third-order valence-electron chi connectivity index (χ3n) is 2.85. The van der Waals surface area contributed by atoms with Crippen LogP contribution in [0.15, 0.2) is 12.3 Å². The maximum Gasteiger partial charge on any atom is 0.166 e. The molecule has 1 aromatic rings. The van der Waals surface area contributed by atoms with E-state index in [1.807, 2.05) is 22.6 Å². The van der Waals surface area contributed by atoms with Crippen molar-refractivity contribution in [3.63, 3.8) is 0 Å². The highest BCUT2D eigenvalue weighted by atomic mass is 127. The van der Waals surface area contributed by atoms with Crippen molar-refractivity contribution in [3.8, 4) is 0 Å². The Morgan fingerprint density at radius 3 is 2.69 bits per heavy atom. The van der Waals surface area contributed by atoms with Crippen LogP contribution in [-0.2, 0) is 0 Å². The number of aliphatic hydroxyl groups is 1. The molecular formula is C11H14FIN2O. The van der Waals surface area contributed by atoms with Crippen LogP contribution in [-0.4, -0.2) is 22.2 Å². The molecular weight excluding hydrogens is 322 g/mol. The van der Waals surface area contributed by atoms with Crippen LogP contribution < -0.4 is 5.32 Å². The first kappa shape index (κ1) is 12.0. The molecule has 0 atom stereocenters. The third-order valence-corrected chi connectivity index (χ3v) is 3.44. The maximum absolute atomic E-state index is 13.5. The summed E-state index contributed by atoms with van der Waals surface area (Å²) in [5.41, 5.74) is 0. The Bertz CT molecular complexity index is 367. The zero-order chi connectivity index (χ0) is 11.5. The molecule has 0 spiro atoms. The third kappa shape index (κ3) is 3.04. The van der Waals surface area contributed by atoms with Gasteiger partial charge in [0.15, 0.2) is 11.6 Å². The van der Waals surface area contributed by atoms with Crippen molar-refractivity contribution < 1.29 is 9.50 Å². The van der Waals surface area contributed by atoms with Gasteiger partial charge in [-0.15, -0.1) is 0 Å². The van der Waals surface area contributed by atoms with E-state index in [-0.39, 0.29) is 18.0 Å². The molecule has 3 nitrogen and oxygen atoms in total. The summed E-state index contributed by atoms with van der Waals surface area (Å²) in [6.07, 6.45) is 4.76. The highest BCUT2D eigenvalue weighted by Crippen LogP contribution is 2.22. The average molecular weight is 336 g/mol. The Labute approximate surface area is 108 Å². The molecule has 5 heteroatoms. The number of halogens is 2. The summed E-state index contributed by atoms with van der Waals surface area (Å²) in [5.74, 6) is 0.0137. The number of hydrogen-bond acceptors (Lipinski definition) is 3. The van der Waals surface area contributed by atoms with Crippen molar-refractivity contribution in [1.29, 1.82) is 0 Å². The van der Waals surface area contributed by atoms with Crippen molar-refractivity contribution in [2.45, 2.75) is 37.8 Å². The van der Waals surface area contributed by atoms with Crippen molar-refractivity contribution in [3.05, 3.63) is 21.7 Å². The minimum atomic E-state index is -0.307. The van der Waals surface area contributed by atoms with Crippen LogP contribution in [0.2, 0.25) is 0 Å². The van der Waals surface area contributed by atoms with Gasteiger partial charge in [-0.25, -0.2) is 9.37 Å². The fourth-order valence-electron chi connectivity index (χ4n) is 1.93. The number of rotatable bonds is 2. The van der Waals surface area contributed by atoms with Gasteiger partial charge >= 0.3 is 0 Å². The lowest BCUT2D eigenvalue weighted by Gasteiger charge is -2.26. The number of aromatic nitrogens is 1. The van der Waals surface area contributed by atoms with Gasteiger partial charge in [0, 0.05) is 15.8 Å². The zero-order valence-corrected chi connectivity index (χ0v) is 10.9. The Morgan fingerprint density at radius 1 is 1.38 bits per heavy atom. The van der Waals surface area contributed by atoms with Gasteiger partial charge in [0.05, 0.1) is 6.10 Å². The predicted octanol–water partition coefficient (Wildman–Crippen LogP) is 2.54. The van der Waals surface area contributed by atoms with Crippen molar-refractivity contribution in [1.82, 2.24) is 4.98 Å². The Hall–Kier alpha value is -0.430. The van der Waals surface area contributed by atoms with Crippen LogP contribution >= 0.6 is 22.6 Å². The van der Waals surface area contributed by atoms with E-state index in [0.29, 0.717) is 5.82 Å². The first-order valence-electron chi connectivity index (χ1n) is 5.41. The number of anilines is 1. The molecule has 0 radical (unpaired) electrons. The number of pyridine rings is 1. The van der Waals surface area contributed by atoms with Crippen LogP contribution in [0.3, 0.4) is 0 Å². The molecule has 16 heavy (non-hydrogen) atoms. The SMILES string of the molecule is O[C@H]1CC[C@H](Nc2ncc(I)cc2F)CC1. The van der Waals surface area contributed by atoms with E-state index in [9.17, 15) is 9.50 Å². The quantitative estimate of drug-likeness (QED) is 0.816. The lowest BCUT2D eigenvalue weighted by Crippen LogP contribution is -2.28. The van der Waals surface area contributed by atoms with Crippen molar-refractivity contribution >= 4 is 28.4 Å². The summed E-state index contributed by atoms with van der Waals surface area (Å²) in [7, 11) is 0. The van der Waals surface area contributed by atoms with Crippen LogP contribution in [0.5, 0.6) is 0 Å². The standard InChI is InChI=1S/C11H14FIN2O/c12-10-5-7(13)6-14-11(10)15-8-1-3-9(16)4-2-8/h5-6,8-9,16H,1-4H2,(H,14,15)/t8-,9-. The van der Waals surface area contributed by atoms with Crippen molar-refractivity contribution in [2.75, 3.05) is 5.32 Å². The summed E-state index contributed by atoms with van der Waals surface area (Å²) in [6.45, 7) is 0. The molecule has 1 aliphatic carbocycles. The maximum atomic E-state index is 13.5. The molecule has 0 bridgehead atoms. The van der Waals surface area contributed by atoms with Gasteiger partial charge < -0.3 is 10.4 Å². The molecule has 2 N–H and O–H groups in total.